The molecule has 3 aliphatic rings. The van der Waals surface area contributed by atoms with Gasteiger partial charge in [0.05, 0.1) is 45.6 Å². The van der Waals surface area contributed by atoms with E-state index in [0.29, 0.717) is 40.4 Å². The van der Waals surface area contributed by atoms with Crippen LogP contribution in [0.3, 0.4) is 0 Å². The molecule has 3 atom stereocenters. The fourth-order valence-corrected chi connectivity index (χ4v) is 6.11. The van der Waals surface area contributed by atoms with E-state index in [4.69, 9.17) is 9.47 Å². The van der Waals surface area contributed by atoms with E-state index in [1.165, 1.54) is 19.4 Å². The van der Waals surface area contributed by atoms with Gasteiger partial charge >= 0.3 is 11.9 Å². The number of methoxy groups -OCH3 is 1. The zero-order chi connectivity index (χ0) is 28.1. The average Bonchev–Trinajstić information content (AvgIpc) is 3.60. The van der Waals surface area contributed by atoms with E-state index in [0.717, 1.165) is 32.2 Å². The average molecular weight is 546 g/mol. The van der Waals surface area contributed by atoms with Crippen molar-refractivity contribution in [3.05, 3.63) is 33.9 Å². The summed E-state index contributed by atoms with van der Waals surface area (Å²) in [5.41, 5.74) is -0.0902. The molecule has 0 spiro atoms. The number of esters is 1. The molecule has 11 heteroatoms. The third-order valence-electron chi connectivity index (χ3n) is 7.91. The van der Waals surface area contributed by atoms with Crippen LogP contribution in [-0.2, 0) is 9.53 Å². The highest BCUT2D eigenvalue weighted by atomic mass is 19.1. The number of aliphatic carboxylic acids is 1. The van der Waals surface area contributed by atoms with Crippen LogP contribution in [0.25, 0.3) is 10.9 Å². The number of benzene rings is 1. The second-order valence-corrected chi connectivity index (χ2v) is 12.1. The number of nitrogens with one attached hydrogen (secondary N) is 1. The van der Waals surface area contributed by atoms with Crippen molar-refractivity contribution in [1.29, 1.82) is 0 Å². The standard InChI is InChI=1S/C28H37FN4O6/c1-33(2,3)15-18(10-23(34)35)39-28(37)20-13-32(17-7-8-17)24-19(26(20)36)11-21(29)25(27(24)38-4)31-12-16-6-5-9-30-22(16)14-31/h11,13,16-18,22,30H,5-10,12,14-15H2,1-4H3/p+1/t16-,18?,22+/m0/s1. The van der Waals surface area contributed by atoms with Gasteiger partial charge in [-0.05, 0) is 44.2 Å². The van der Waals surface area contributed by atoms with Crippen molar-refractivity contribution < 1.29 is 33.0 Å². The normalized spacial score (nSPS) is 22.0. The minimum Gasteiger partial charge on any atom is -0.492 e. The zero-order valence-corrected chi connectivity index (χ0v) is 23.0. The van der Waals surface area contributed by atoms with Gasteiger partial charge in [-0.25, -0.2) is 9.18 Å². The molecule has 5 rings (SSSR count). The lowest BCUT2D eigenvalue weighted by Crippen LogP contribution is -2.44. The van der Waals surface area contributed by atoms with Crippen LogP contribution < -0.4 is 20.4 Å². The number of carboxylic acids is 1. The Hall–Kier alpha value is -3.18. The molecule has 3 fully saturated rings. The number of nitrogens with zero attached hydrogens (tertiary/aromatic N) is 3. The number of ether oxygens (including phenoxy) is 2. The Morgan fingerprint density at radius 2 is 1.97 bits per heavy atom. The molecule has 3 heterocycles. The molecule has 39 heavy (non-hydrogen) atoms. The lowest BCUT2D eigenvalue weighted by molar-refractivity contribution is -0.873. The van der Waals surface area contributed by atoms with E-state index in [2.05, 4.69) is 5.32 Å². The number of likely N-dealkylation sites (N-methyl/N-ethyl adjacent to an activating group) is 1. The van der Waals surface area contributed by atoms with Gasteiger partial charge in [0.25, 0.3) is 0 Å². The summed E-state index contributed by atoms with van der Waals surface area (Å²) in [6.45, 7) is 2.56. The van der Waals surface area contributed by atoms with Gasteiger partial charge in [-0.2, -0.15) is 0 Å². The fraction of sp³-hybridized carbons (Fsp3) is 0.607. The highest BCUT2D eigenvalue weighted by molar-refractivity contribution is 5.98. The number of anilines is 1. The Kier molecular flexibility index (Phi) is 7.32. The molecule has 0 amide bonds. The number of quaternary nitrogens is 1. The van der Waals surface area contributed by atoms with Crippen molar-refractivity contribution >= 4 is 28.5 Å². The van der Waals surface area contributed by atoms with Crippen molar-refractivity contribution in [1.82, 2.24) is 9.88 Å². The van der Waals surface area contributed by atoms with Gasteiger partial charge in [0.2, 0.25) is 5.43 Å². The van der Waals surface area contributed by atoms with Gasteiger partial charge in [-0.1, -0.05) is 0 Å². The van der Waals surface area contributed by atoms with E-state index in [-0.39, 0.29) is 36.0 Å². The van der Waals surface area contributed by atoms with Crippen molar-refractivity contribution in [2.75, 3.05) is 59.3 Å². The third kappa shape index (κ3) is 5.60. The lowest BCUT2D eigenvalue weighted by Gasteiger charge is -2.28. The Balaban J connectivity index is 1.57. The molecule has 0 radical (unpaired) electrons. The number of aromatic nitrogens is 1. The predicted octanol–water partition coefficient (Wildman–Crippen LogP) is 2.38. The maximum atomic E-state index is 15.8. The number of halogens is 1. The number of rotatable bonds is 9. The summed E-state index contributed by atoms with van der Waals surface area (Å²) in [5.74, 6) is -1.87. The Labute approximate surface area is 226 Å². The summed E-state index contributed by atoms with van der Waals surface area (Å²) in [6, 6.07) is 1.53. The molecule has 1 saturated carbocycles. The number of piperidine rings is 1. The molecule has 1 aromatic heterocycles. The second kappa shape index (κ2) is 10.4. The van der Waals surface area contributed by atoms with Gasteiger partial charge in [0.15, 0.2) is 17.7 Å². The van der Waals surface area contributed by atoms with Gasteiger partial charge in [0.1, 0.15) is 17.8 Å². The van der Waals surface area contributed by atoms with Crippen LogP contribution in [0.2, 0.25) is 0 Å². The topological polar surface area (TPSA) is 110 Å². The van der Waals surface area contributed by atoms with Crippen molar-refractivity contribution in [3.8, 4) is 5.75 Å². The number of carbonyl (C=O) groups excluding carboxylic acids is 1. The summed E-state index contributed by atoms with van der Waals surface area (Å²) >= 11 is 0. The third-order valence-corrected chi connectivity index (χ3v) is 7.91. The summed E-state index contributed by atoms with van der Waals surface area (Å²) in [7, 11) is 7.05. The van der Waals surface area contributed by atoms with Gasteiger partial charge < -0.3 is 33.8 Å². The largest absolute Gasteiger partial charge is 0.492 e. The first-order chi connectivity index (χ1) is 18.5. The van der Waals surface area contributed by atoms with Crippen LogP contribution in [0.4, 0.5) is 10.1 Å². The molecule has 1 aliphatic carbocycles. The minimum absolute atomic E-state index is 0.0377. The lowest BCUT2D eigenvalue weighted by atomic mass is 9.94. The molecule has 10 nitrogen and oxygen atoms in total. The molecule has 0 bridgehead atoms. The molecule has 2 saturated heterocycles. The Morgan fingerprint density at radius 3 is 2.59 bits per heavy atom. The predicted molar refractivity (Wildman–Crippen MR) is 144 cm³/mol. The maximum absolute atomic E-state index is 15.8. The molecule has 1 unspecified atom stereocenters. The first-order valence-corrected chi connectivity index (χ1v) is 13.6. The molecule has 2 aromatic rings. The minimum atomic E-state index is -1.11. The van der Waals surface area contributed by atoms with E-state index >= 15 is 4.39 Å². The van der Waals surface area contributed by atoms with Gasteiger partial charge in [-0.15, -0.1) is 0 Å². The maximum Gasteiger partial charge on any atom is 0.344 e. The zero-order valence-electron chi connectivity index (χ0n) is 23.0. The molecular formula is C28H38FN4O6+. The number of hydrogen-bond acceptors (Lipinski definition) is 7. The summed E-state index contributed by atoms with van der Waals surface area (Å²) < 4.78 is 29.4. The molecule has 2 aliphatic heterocycles. The number of fused-ring (bicyclic) bond motifs is 2. The summed E-state index contributed by atoms with van der Waals surface area (Å²) in [4.78, 5) is 40.3. The van der Waals surface area contributed by atoms with E-state index in [1.54, 1.807) is 0 Å². The van der Waals surface area contributed by atoms with E-state index < -0.39 is 29.3 Å². The van der Waals surface area contributed by atoms with Crippen LogP contribution in [0, 0.1) is 11.7 Å². The van der Waals surface area contributed by atoms with E-state index in [9.17, 15) is 19.5 Å². The highest BCUT2D eigenvalue weighted by Crippen LogP contribution is 2.45. The fourth-order valence-electron chi connectivity index (χ4n) is 6.11. The van der Waals surface area contributed by atoms with Crippen molar-refractivity contribution in [2.24, 2.45) is 5.92 Å². The first kappa shape index (κ1) is 27.4. The summed E-state index contributed by atoms with van der Waals surface area (Å²) in [5, 5.41) is 12.9. The molecule has 212 valence electrons. The molecule has 1 aromatic carbocycles. The van der Waals surface area contributed by atoms with Crippen molar-refractivity contribution in [3.63, 3.8) is 0 Å². The first-order valence-electron chi connectivity index (χ1n) is 13.6. The van der Waals surface area contributed by atoms with Crippen LogP contribution in [-0.4, -0.2) is 92.7 Å². The van der Waals surface area contributed by atoms with E-state index in [1.807, 2.05) is 30.6 Å². The quantitative estimate of drug-likeness (QED) is 0.365. The summed E-state index contributed by atoms with van der Waals surface area (Å²) in [6.07, 6.45) is 4.04. The van der Waals surface area contributed by atoms with Gasteiger partial charge in [-0.3, -0.25) is 9.59 Å². The number of carbonyl (C=O) groups is 2. The van der Waals surface area contributed by atoms with Gasteiger partial charge in [0, 0.05) is 31.4 Å². The monoisotopic (exact) mass is 545 g/mol. The number of carboxylic acid groups (broad SMARTS) is 1. The molecule has 2 N–H and O–H groups in total. The second-order valence-electron chi connectivity index (χ2n) is 12.1. The number of pyridine rings is 1. The highest BCUT2D eigenvalue weighted by Gasteiger charge is 2.38. The Morgan fingerprint density at radius 1 is 1.23 bits per heavy atom. The van der Waals surface area contributed by atoms with Crippen LogP contribution in [0.5, 0.6) is 5.75 Å². The Bertz CT molecular complexity index is 1330. The van der Waals surface area contributed by atoms with Crippen LogP contribution >= 0.6 is 0 Å². The molecular weight excluding hydrogens is 507 g/mol. The SMILES string of the molecule is COc1c(N2C[C@@H]3CCCN[C@@H]3C2)c(F)cc2c(=O)c(C(=O)OC(CC(=O)O)C[N+](C)(C)C)cn(C3CC3)c12. The smallest absolute Gasteiger partial charge is 0.344 e. The van der Waals surface area contributed by atoms with Crippen LogP contribution in [0.15, 0.2) is 17.1 Å². The van der Waals surface area contributed by atoms with Crippen LogP contribution in [0.1, 0.15) is 48.5 Å². The van der Waals surface area contributed by atoms with Crippen molar-refractivity contribution in [2.45, 2.75) is 50.3 Å². The number of hydrogen-bond donors (Lipinski definition) is 2.